The van der Waals surface area contributed by atoms with E-state index in [4.69, 9.17) is 32.5 Å². The highest BCUT2D eigenvalue weighted by molar-refractivity contribution is 7.80. The second kappa shape index (κ2) is 3.94. The fraction of sp³-hybridized carbons (Fsp3) is 0.0909. The summed E-state index contributed by atoms with van der Waals surface area (Å²) in [4.78, 5) is 0.159. The zero-order valence-corrected chi connectivity index (χ0v) is 9.43. The van der Waals surface area contributed by atoms with Gasteiger partial charge in [0.05, 0.1) is 12.7 Å². The van der Waals surface area contributed by atoms with E-state index in [1.165, 1.54) is 0 Å². The molecule has 0 amide bonds. The highest BCUT2D eigenvalue weighted by Gasteiger charge is 2.05. The third-order valence-corrected chi connectivity index (χ3v) is 2.46. The average molecular weight is 234 g/mol. The highest BCUT2D eigenvalue weighted by atomic mass is 32.1. The number of hydrogen-bond donors (Lipinski definition) is 2. The number of benzene rings is 1. The molecule has 0 spiro atoms. The van der Waals surface area contributed by atoms with Crippen molar-refractivity contribution in [3.8, 4) is 5.75 Å². The Hall–Kier alpha value is -1.88. The van der Waals surface area contributed by atoms with Gasteiger partial charge in [0.2, 0.25) is 5.55 Å². The lowest BCUT2D eigenvalue weighted by atomic mass is 10.2. The van der Waals surface area contributed by atoms with Crippen molar-refractivity contribution >= 4 is 28.2 Å². The van der Waals surface area contributed by atoms with Gasteiger partial charge in [-0.15, -0.1) is 0 Å². The average Bonchev–Trinajstić information content (AvgIpc) is 2.27. The molecule has 1 heterocycles. The van der Waals surface area contributed by atoms with Crippen LogP contribution in [0.3, 0.4) is 0 Å². The minimum Gasteiger partial charge on any atom is -0.497 e. The van der Waals surface area contributed by atoms with Crippen LogP contribution in [0.25, 0.3) is 11.0 Å². The van der Waals surface area contributed by atoms with Crippen molar-refractivity contribution in [3.05, 3.63) is 35.4 Å². The molecule has 3 N–H and O–H groups in total. The Morgan fingerprint density at radius 1 is 1.44 bits per heavy atom. The van der Waals surface area contributed by atoms with Gasteiger partial charge in [-0.25, -0.2) is 0 Å². The number of rotatable bonds is 2. The van der Waals surface area contributed by atoms with Gasteiger partial charge in [0, 0.05) is 11.5 Å². The molecule has 1 aromatic heterocycles. The molecule has 4 nitrogen and oxygen atoms in total. The monoisotopic (exact) mass is 234 g/mol. The minimum atomic E-state index is -0.0340. The molecule has 16 heavy (non-hydrogen) atoms. The number of methoxy groups -OCH3 is 1. The highest BCUT2D eigenvalue weighted by Crippen LogP contribution is 2.19. The lowest BCUT2D eigenvalue weighted by Crippen LogP contribution is -2.19. The molecule has 0 saturated carbocycles. The molecule has 0 unspecified atom stereocenters. The maximum absolute atomic E-state index is 7.64. The molecule has 0 bridgehead atoms. The predicted molar refractivity (Wildman–Crippen MR) is 64.5 cm³/mol. The summed E-state index contributed by atoms with van der Waals surface area (Å²) in [6.07, 6.45) is 0. The lowest BCUT2D eigenvalue weighted by molar-refractivity contribution is 0.414. The van der Waals surface area contributed by atoms with Crippen LogP contribution >= 0.6 is 12.2 Å². The molecule has 1 aromatic carbocycles. The first kappa shape index (κ1) is 10.6. The Balaban J connectivity index is 2.74. The van der Waals surface area contributed by atoms with E-state index in [2.05, 4.69) is 0 Å². The molecule has 0 aliphatic heterocycles. The van der Waals surface area contributed by atoms with Crippen LogP contribution in [-0.4, -0.2) is 12.1 Å². The summed E-state index contributed by atoms with van der Waals surface area (Å²) in [6.45, 7) is 0. The van der Waals surface area contributed by atoms with Crippen molar-refractivity contribution in [1.82, 2.24) is 0 Å². The topological polar surface area (TPSA) is 72.2 Å². The van der Waals surface area contributed by atoms with Gasteiger partial charge in [0.1, 0.15) is 16.3 Å². The van der Waals surface area contributed by atoms with Gasteiger partial charge >= 0.3 is 0 Å². The van der Waals surface area contributed by atoms with Crippen LogP contribution < -0.4 is 16.0 Å². The molecule has 2 aromatic rings. The van der Waals surface area contributed by atoms with Crippen LogP contribution in [0, 0.1) is 5.41 Å². The summed E-state index contributed by atoms with van der Waals surface area (Å²) in [5.41, 5.74) is 6.47. The summed E-state index contributed by atoms with van der Waals surface area (Å²) in [5.74, 6) is 0.679. The molecule has 2 rings (SSSR count). The number of thiocarbonyl (C=S) groups is 1. The van der Waals surface area contributed by atoms with Gasteiger partial charge in [0.25, 0.3) is 0 Å². The van der Waals surface area contributed by atoms with Gasteiger partial charge in [-0.05, 0) is 18.2 Å². The summed E-state index contributed by atoms with van der Waals surface area (Å²) in [6, 6.07) is 7.10. The normalized spacial score (nSPS) is 10.3. The standard InChI is InChI=1S/C11H10N2O2S/c1-14-7-3-2-6-4-8(11(13)16)10(12)15-9(6)5-7/h2-5,12H,1H3,(H2,13,16). The van der Waals surface area contributed by atoms with Gasteiger partial charge in [0.15, 0.2) is 0 Å². The second-order valence-electron chi connectivity index (χ2n) is 3.26. The van der Waals surface area contributed by atoms with Crippen molar-refractivity contribution in [1.29, 1.82) is 5.41 Å². The molecule has 0 aliphatic rings. The first-order chi connectivity index (χ1) is 7.61. The van der Waals surface area contributed by atoms with Crippen molar-refractivity contribution < 1.29 is 9.15 Å². The third kappa shape index (κ3) is 1.77. The van der Waals surface area contributed by atoms with E-state index in [9.17, 15) is 0 Å². The number of nitrogens with two attached hydrogens (primary N) is 1. The number of fused-ring (bicyclic) bond motifs is 1. The third-order valence-electron chi connectivity index (χ3n) is 2.24. The first-order valence-electron chi connectivity index (χ1n) is 4.58. The van der Waals surface area contributed by atoms with Crippen LogP contribution in [0.15, 0.2) is 28.7 Å². The maximum atomic E-state index is 7.64. The summed E-state index contributed by atoms with van der Waals surface area (Å²) in [5, 5.41) is 8.47. The Kier molecular flexibility index (Phi) is 2.62. The van der Waals surface area contributed by atoms with Crippen molar-refractivity contribution in [2.75, 3.05) is 7.11 Å². The summed E-state index contributed by atoms with van der Waals surface area (Å²) < 4.78 is 10.4. The van der Waals surface area contributed by atoms with Crippen LogP contribution in [0.5, 0.6) is 5.75 Å². The largest absolute Gasteiger partial charge is 0.497 e. The quantitative estimate of drug-likeness (QED) is 0.773. The van der Waals surface area contributed by atoms with E-state index < -0.39 is 0 Å². The maximum Gasteiger partial charge on any atom is 0.222 e. The lowest BCUT2D eigenvalue weighted by Gasteiger charge is -2.03. The van der Waals surface area contributed by atoms with Crippen LogP contribution in [0.2, 0.25) is 0 Å². The molecular formula is C11H10N2O2S. The van der Waals surface area contributed by atoms with E-state index >= 15 is 0 Å². The fourth-order valence-corrected chi connectivity index (χ4v) is 1.57. The predicted octanol–water partition coefficient (Wildman–Crippen LogP) is 1.56. The van der Waals surface area contributed by atoms with Gasteiger partial charge < -0.3 is 14.9 Å². The number of hydrogen-bond acceptors (Lipinski definition) is 4. The molecule has 0 radical (unpaired) electrons. The smallest absolute Gasteiger partial charge is 0.222 e. The van der Waals surface area contributed by atoms with Gasteiger partial charge in [-0.1, -0.05) is 12.2 Å². The molecule has 0 saturated heterocycles. The van der Waals surface area contributed by atoms with E-state index in [1.54, 1.807) is 19.2 Å². The Labute approximate surface area is 97.1 Å². The van der Waals surface area contributed by atoms with Crippen LogP contribution in [0.4, 0.5) is 0 Å². The van der Waals surface area contributed by atoms with E-state index in [0.29, 0.717) is 16.9 Å². The first-order valence-corrected chi connectivity index (χ1v) is 4.99. The second-order valence-corrected chi connectivity index (χ2v) is 3.70. The van der Waals surface area contributed by atoms with Crippen molar-refractivity contribution in [3.63, 3.8) is 0 Å². The molecule has 0 fully saturated rings. The van der Waals surface area contributed by atoms with E-state index in [0.717, 1.165) is 5.39 Å². The molecule has 82 valence electrons. The zero-order chi connectivity index (χ0) is 11.7. The van der Waals surface area contributed by atoms with Crippen molar-refractivity contribution in [2.24, 2.45) is 5.73 Å². The Bertz CT molecular complexity index is 619. The van der Waals surface area contributed by atoms with Crippen LogP contribution in [-0.2, 0) is 0 Å². The summed E-state index contributed by atoms with van der Waals surface area (Å²) >= 11 is 4.83. The zero-order valence-electron chi connectivity index (χ0n) is 8.61. The van der Waals surface area contributed by atoms with E-state index in [1.807, 2.05) is 12.1 Å². The molecule has 0 atom stereocenters. The van der Waals surface area contributed by atoms with Crippen LogP contribution in [0.1, 0.15) is 5.56 Å². The minimum absolute atomic E-state index is 0.0340. The Morgan fingerprint density at radius 3 is 2.81 bits per heavy atom. The number of nitrogens with one attached hydrogen (secondary N) is 1. The summed E-state index contributed by atoms with van der Waals surface area (Å²) in [7, 11) is 1.58. The van der Waals surface area contributed by atoms with Gasteiger partial charge in [-0.2, -0.15) is 0 Å². The molecule has 5 heteroatoms. The SMILES string of the molecule is COc1ccc2cc(C(N)=S)c(=N)oc2c1. The number of ether oxygens (including phenoxy) is 1. The Morgan fingerprint density at radius 2 is 2.19 bits per heavy atom. The molecular weight excluding hydrogens is 224 g/mol. The fourth-order valence-electron chi connectivity index (χ4n) is 1.42. The van der Waals surface area contributed by atoms with E-state index in [-0.39, 0.29) is 10.5 Å². The van der Waals surface area contributed by atoms with Gasteiger partial charge in [-0.3, -0.25) is 5.41 Å². The molecule has 0 aliphatic carbocycles. The van der Waals surface area contributed by atoms with Crippen molar-refractivity contribution in [2.45, 2.75) is 0 Å².